The molecular formula is C6H10O3. The lowest BCUT2D eigenvalue weighted by Crippen LogP contribution is -2.22. The van der Waals surface area contributed by atoms with Crippen molar-refractivity contribution in [1.82, 2.24) is 0 Å². The molecule has 1 heterocycles. The molecule has 0 spiro atoms. The Morgan fingerprint density at radius 3 is 2.67 bits per heavy atom. The Balaban J connectivity index is 2.15. The fourth-order valence-electron chi connectivity index (χ4n) is 0.891. The van der Waals surface area contributed by atoms with Gasteiger partial charge in [-0.1, -0.05) is 0 Å². The summed E-state index contributed by atoms with van der Waals surface area (Å²) < 4.78 is 9.77. The van der Waals surface area contributed by atoms with Crippen molar-refractivity contribution in [3.05, 3.63) is 0 Å². The zero-order valence-electron chi connectivity index (χ0n) is 5.21. The second-order valence-corrected chi connectivity index (χ2v) is 2.04. The lowest BCUT2D eigenvalue weighted by atomic mass is 10.2. The van der Waals surface area contributed by atoms with Crippen LogP contribution in [0.3, 0.4) is 0 Å². The van der Waals surface area contributed by atoms with Crippen LogP contribution in [0.4, 0.5) is 0 Å². The molecule has 0 aliphatic carbocycles. The van der Waals surface area contributed by atoms with E-state index in [0.717, 1.165) is 26.1 Å². The van der Waals surface area contributed by atoms with Crippen molar-refractivity contribution >= 4 is 6.47 Å². The van der Waals surface area contributed by atoms with Gasteiger partial charge in [0.05, 0.1) is 13.2 Å². The summed E-state index contributed by atoms with van der Waals surface area (Å²) in [6, 6.07) is 0. The van der Waals surface area contributed by atoms with Gasteiger partial charge < -0.3 is 9.47 Å². The number of carbonyl (C=O) groups excluding carboxylic acids is 1. The minimum Gasteiger partial charge on any atom is -0.464 e. The second kappa shape index (κ2) is 3.45. The number of ether oxygens (including phenoxy) is 2. The van der Waals surface area contributed by atoms with E-state index in [1.54, 1.807) is 0 Å². The van der Waals surface area contributed by atoms with E-state index in [-0.39, 0.29) is 6.10 Å². The normalized spacial score (nSPS) is 21.3. The Morgan fingerprint density at radius 2 is 2.11 bits per heavy atom. The Bertz CT molecular complexity index is 86.3. The quantitative estimate of drug-likeness (QED) is 0.505. The van der Waals surface area contributed by atoms with Crippen LogP contribution in [0.1, 0.15) is 12.8 Å². The van der Waals surface area contributed by atoms with Gasteiger partial charge in [-0.3, -0.25) is 4.79 Å². The first kappa shape index (κ1) is 6.55. The summed E-state index contributed by atoms with van der Waals surface area (Å²) in [5.74, 6) is 0. The minimum atomic E-state index is 0.108. The van der Waals surface area contributed by atoms with Crippen molar-refractivity contribution in [3.63, 3.8) is 0 Å². The number of rotatable bonds is 2. The molecule has 1 saturated heterocycles. The molecule has 52 valence electrons. The van der Waals surface area contributed by atoms with E-state index in [4.69, 9.17) is 9.47 Å². The van der Waals surface area contributed by atoms with Gasteiger partial charge in [0.2, 0.25) is 0 Å². The van der Waals surface area contributed by atoms with Crippen LogP contribution in [0.2, 0.25) is 0 Å². The van der Waals surface area contributed by atoms with E-state index in [0.29, 0.717) is 6.47 Å². The van der Waals surface area contributed by atoms with Crippen LogP contribution in [0.15, 0.2) is 0 Å². The third-order valence-electron chi connectivity index (χ3n) is 1.42. The average Bonchev–Trinajstić information content (AvgIpc) is 1.91. The first-order valence-corrected chi connectivity index (χ1v) is 3.10. The highest BCUT2D eigenvalue weighted by Crippen LogP contribution is 2.08. The maximum Gasteiger partial charge on any atom is 0.293 e. The smallest absolute Gasteiger partial charge is 0.293 e. The van der Waals surface area contributed by atoms with Crippen molar-refractivity contribution in [2.45, 2.75) is 18.9 Å². The SMILES string of the molecule is O=COC1CCOCC1. The zero-order chi connectivity index (χ0) is 6.53. The van der Waals surface area contributed by atoms with Crippen LogP contribution >= 0.6 is 0 Å². The van der Waals surface area contributed by atoms with Crippen LogP contribution in [-0.2, 0) is 14.3 Å². The van der Waals surface area contributed by atoms with E-state index >= 15 is 0 Å². The Labute approximate surface area is 53.9 Å². The average molecular weight is 130 g/mol. The third-order valence-corrected chi connectivity index (χ3v) is 1.42. The number of hydrogen-bond donors (Lipinski definition) is 0. The summed E-state index contributed by atoms with van der Waals surface area (Å²) in [6.07, 6.45) is 1.80. The maximum atomic E-state index is 9.81. The first-order valence-electron chi connectivity index (χ1n) is 3.10. The van der Waals surface area contributed by atoms with E-state index in [2.05, 4.69) is 0 Å². The predicted molar refractivity (Wildman–Crippen MR) is 31.0 cm³/mol. The van der Waals surface area contributed by atoms with Crippen LogP contribution in [0, 0.1) is 0 Å². The van der Waals surface area contributed by atoms with Gasteiger partial charge in [0, 0.05) is 12.8 Å². The number of hydrogen-bond acceptors (Lipinski definition) is 3. The zero-order valence-corrected chi connectivity index (χ0v) is 5.21. The second-order valence-electron chi connectivity index (χ2n) is 2.04. The highest BCUT2D eigenvalue weighted by molar-refractivity contribution is 5.37. The van der Waals surface area contributed by atoms with E-state index in [1.165, 1.54) is 0 Å². The molecule has 0 N–H and O–H groups in total. The maximum absolute atomic E-state index is 9.81. The van der Waals surface area contributed by atoms with Gasteiger partial charge in [0.15, 0.2) is 0 Å². The summed E-state index contributed by atoms with van der Waals surface area (Å²) in [4.78, 5) is 9.81. The van der Waals surface area contributed by atoms with Crippen molar-refractivity contribution in [3.8, 4) is 0 Å². The Hall–Kier alpha value is -0.570. The van der Waals surface area contributed by atoms with Gasteiger partial charge in [-0.05, 0) is 0 Å². The molecule has 3 heteroatoms. The third kappa shape index (κ3) is 2.01. The molecule has 0 radical (unpaired) electrons. The molecule has 0 aromatic carbocycles. The fourth-order valence-corrected chi connectivity index (χ4v) is 0.891. The highest BCUT2D eigenvalue weighted by Gasteiger charge is 2.13. The Kier molecular flexibility index (Phi) is 2.51. The molecule has 0 amide bonds. The number of carbonyl (C=O) groups is 1. The van der Waals surface area contributed by atoms with Gasteiger partial charge in [-0.15, -0.1) is 0 Å². The molecular weight excluding hydrogens is 120 g/mol. The monoisotopic (exact) mass is 130 g/mol. The van der Waals surface area contributed by atoms with Crippen molar-refractivity contribution in [1.29, 1.82) is 0 Å². The molecule has 0 atom stereocenters. The molecule has 0 unspecified atom stereocenters. The van der Waals surface area contributed by atoms with Gasteiger partial charge in [0.1, 0.15) is 6.10 Å². The molecule has 0 aromatic rings. The summed E-state index contributed by atoms with van der Waals surface area (Å²) in [5, 5.41) is 0. The van der Waals surface area contributed by atoms with Gasteiger partial charge >= 0.3 is 0 Å². The van der Waals surface area contributed by atoms with Crippen LogP contribution < -0.4 is 0 Å². The summed E-state index contributed by atoms with van der Waals surface area (Å²) in [5.41, 5.74) is 0. The molecule has 9 heavy (non-hydrogen) atoms. The Morgan fingerprint density at radius 1 is 1.44 bits per heavy atom. The molecule has 0 bridgehead atoms. The van der Waals surface area contributed by atoms with E-state index in [9.17, 15) is 4.79 Å². The molecule has 1 rings (SSSR count). The standard InChI is InChI=1S/C6H10O3/c7-5-9-6-1-3-8-4-2-6/h5-6H,1-4H2. The topological polar surface area (TPSA) is 35.5 Å². The summed E-state index contributed by atoms with van der Waals surface area (Å²) >= 11 is 0. The van der Waals surface area contributed by atoms with Gasteiger partial charge in [-0.25, -0.2) is 0 Å². The van der Waals surface area contributed by atoms with Crippen molar-refractivity contribution in [2.75, 3.05) is 13.2 Å². The molecule has 0 saturated carbocycles. The van der Waals surface area contributed by atoms with E-state index < -0.39 is 0 Å². The lowest BCUT2D eigenvalue weighted by Gasteiger charge is -2.19. The van der Waals surface area contributed by atoms with Gasteiger partial charge in [-0.2, -0.15) is 0 Å². The summed E-state index contributed by atoms with van der Waals surface area (Å²) in [6.45, 7) is 1.95. The van der Waals surface area contributed by atoms with E-state index in [1.807, 2.05) is 0 Å². The largest absolute Gasteiger partial charge is 0.464 e. The van der Waals surface area contributed by atoms with Gasteiger partial charge in [0.25, 0.3) is 6.47 Å². The van der Waals surface area contributed by atoms with Crippen LogP contribution in [-0.4, -0.2) is 25.8 Å². The summed E-state index contributed by atoms with van der Waals surface area (Å²) in [7, 11) is 0. The highest BCUT2D eigenvalue weighted by atomic mass is 16.5. The molecule has 1 aliphatic heterocycles. The van der Waals surface area contributed by atoms with Crippen molar-refractivity contribution < 1.29 is 14.3 Å². The first-order chi connectivity index (χ1) is 4.43. The predicted octanol–water partition coefficient (Wildman–Crippen LogP) is 0.338. The molecule has 0 aromatic heterocycles. The molecule has 1 fully saturated rings. The van der Waals surface area contributed by atoms with Crippen LogP contribution in [0.25, 0.3) is 0 Å². The fraction of sp³-hybridized carbons (Fsp3) is 0.833. The minimum absolute atomic E-state index is 0.108. The molecule has 3 nitrogen and oxygen atoms in total. The van der Waals surface area contributed by atoms with Crippen molar-refractivity contribution in [2.24, 2.45) is 0 Å². The molecule has 1 aliphatic rings. The lowest BCUT2D eigenvalue weighted by molar-refractivity contribution is -0.137. The van der Waals surface area contributed by atoms with Crippen LogP contribution in [0.5, 0.6) is 0 Å².